The molecular formula is C12H13N3O5. The van der Waals surface area contributed by atoms with Crippen LogP contribution in [0.1, 0.15) is 29.1 Å². The van der Waals surface area contributed by atoms with E-state index >= 15 is 0 Å². The quantitative estimate of drug-likeness (QED) is 0.815. The van der Waals surface area contributed by atoms with E-state index in [0.717, 1.165) is 6.42 Å². The second-order valence-electron chi connectivity index (χ2n) is 4.92. The Morgan fingerprint density at radius 2 is 2.30 bits per heavy atom. The van der Waals surface area contributed by atoms with Crippen molar-refractivity contribution < 1.29 is 24.0 Å². The molecule has 2 fully saturated rings. The van der Waals surface area contributed by atoms with Crippen LogP contribution in [0.4, 0.5) is 0 Å². The van der Waals surface area contributed by atoms with E-state index in [9.17, 15) is 14.4 Å². The molecular weight excluding hydrogens is 266 g/mol. The molecule has 0 saturated carbocycles. The lowest BCUT2D eigenvalue weighted by Crippen LogP contribution is -2.56. The Hall–Kier alpha value is -2.38. The van der Waals surface area contributed by atoms with E-state index in [2.05, 4.69) is 5.16 Å². The van der Waals surface area contributed by atoms with Gasteiger partial charge in [0, 0.05) is 12.6 Å². The van der Waals surface area contributed by atoms with Crippen LogP contribution in [0.3, 0.4) is 0 Å². The molecule has 1 aromatic rings. The molecule has 0 aliphatic carbocycles. The first-order chi connectivity index (χ1) is 9.56. The van der Waals surface area contributed by atoms with E-state index in [1.165, 1.54) is 11.0 Å². The van der Waals surface area contributed by atoms with Crippen LogP contribution >= 0.6 is 0 Å². The van der Waals surface area contributed by atoms with Crippen molar-refractivity contribution in [3.63, 3.8) is 0 Å². The van der Waals surface area contributed by atoms with Crippen LogP contribution in [-0.4, -0.2) is 57.0 Å². The lowest BCUT2D eigenvalue weighted by molar-refractivity contribution is -0.154. The second kappa shape index (κ2) is 4.62. The Labute approximate surface area is 113 Å². The number of carboxylic acids is 1. The van der Waals surface area contributed by atoms with Gasteiger partial charge in [0.25, 0.3) is 0 Å². The molecule has 1 N–H and O–H groups in total. The Kier molecular flexibility index (Phi) is 2.92. The molecule has 8 nitrogen and oxygen atoms in total. The molecule has 2 aliphatic rings. The van der Waals surface area contributed by atoms with Crippen LogP contribution in [0.25, 0.3) is 0 Å². The molecule has 3 heterocycles. The molecule has 8 heteroatoms. The predicted molar refractivity (Wildman–Crippen MR) is 63.6 cm³/mol. The maximum atomic E-state index is 12.3. The van der Waals surface area contributed by atoms with Crippen molar-refractivity contribution in [1.82, 2.24) is 15.0 Å². The largest absolute Gasteiger partial charge is 0.476 e. The highest BCUT2D eigenvalue weighted by atomic mass is 16.5. The van der Waals surface area contributed by atoms with Gasteiger partial charge in [0.2, 0.25) is 11.8 Å². The number of carbonyl (C=O) groups is 3. The van der Waals surface area contributed by atoms with Crippen LogP contribution < -0.4 is 0 Å². The summed E-state index contributed by atoms with van der Waals surface area (Å²) >= 11 is 0. The van der Waals surface area contributed by atoms with Crippen LogP contribution in [0.2, 0.25) is 0 Å². The summed E-state index contributed by atoms with van der Waals surface area (Å²) in [5.41, 5.74) is -0.210. The molecule has 2 saturated heterocycles. The van der Waals surface area contributed by atoms with Crippen LogP contribution in [0.5, 0.6) is 0 Å². The van der Waals surface area contributed by atoms with Crippen molar-refractivity contribution in [2.45, 2.75) is 25.4 Å². The molecule has 2 aliphatic heterocycles. The van der Waals surface area contributed by atoms with Crippen molar-refractivity contribution in [2.75, 3.05) is 13.1 Å². The number of hydrogen-bond donors (Lipinski definition) is 1. The summed E-state index contributed by atoms with van der Waals surface area (Å²) in [4.78, 5) is 37.9. The average Bonchev–Trinajstić information content (AvgIpc) is 3.04. The van der Waals surface area contributed by atoms with Gasteiger partial charge in [-0.2, -0.15) is 0 Å². The van der Waals surface area contributed by atoms with Gasteiger partial charge in [-0.25, -0.2) is 4.79 Å². The van der Waals surface area contributed by atoms with Gasteiger partial charge >= 0.3 is 5.97 Å². The van der Waals surface area contributed by atoms with Gasteiger partial charge in [-0.05, 0) is 12.8 Å². The third kappa shape index (κ3) is 2.02. The average molecular weight is 279 g/mol. The summed E-state index contributed by atoms with van der Waals surface area (Å²) < 4.78 is 4.87. The molecule has 2 amide bonds. The normalized spacial score (nSPS) is 22.3. The van der Waals surface area contributed by atoms with Gasteiger partial charge in [0.15, 0.2) is 11.5 Å². The fourth-order valence-electron chi connectivity index (χ4n) is 2.67. The lowest BCUT2D eigenvalue weighted by Gasteiger charge is -2.35. The fraction of sp³-hybridized carbons (Fsp3) is 0.500. The summed E-state index contributed by atoms with van der Waals surface area (Å²) in [6, 6.07) is 0.888. The summed E-state index contributed by atoms with van der Waals surface area (Å²) in [5.74, 6) is -1.13. The number of rotatable bonds is 3. The summed E-state index contributed by atoms with van der Waals surface area (Å²) in [5, 5.41) is 12.1. The zero-order valence-corrected chi connectivity index (χ0v) is 10.6. The number of aromatic carboxylic acids is 1. The molecule has 1 atom stereocenters. The molecule has 0 bridgehead atoms. The Bertz CT molecular complexity index is 581. The molecule has 1 unspecified atom stereocenters. The number of carboxylic acid groups (broad SMARTS) is 1. The minimum absolute atomic E-state index is 0.00155. The molecule has 1 aromatic heterocycles. The van der Waals surface area contributed by atoms with Crippen LogP contribution in [0, 0.1) is 0 Å². The number of amides is 2. The van der Waals surface area contributed by atoms with E-state index in [4.69, 9.17) is 9.63 Å². The first kappa shape index (κ1) is 12.6. The van der Waals surface area contributed by atoms with Crippen molar-refractivity contribution in [1.29, 1.82) is 0 Å². The van der Waals surface area contributed by atoms with Gasteiger partial charge in [0.05, 0.1) is 6.54 Å². The minimum Gasteiger partial charge on any atom is -0.476 e. The summed E-state index contributed by atoms with van der Waals surface area (Å²) in [6.45, 7) is 0.697. The maximum absolute atomic E-state index is 12.3. The Balaban J connectivity index is 1.75. The number of piperazine rings is 1. The molecule has 0 spiro atoms. The van der Waals surface area contributed by atoms with Crippen molar-refractivity contribution in [3.05, 3.63) is 17.5 Å². The van der Waals surface area contributed by atoms with Crippen molar-refractivity contribution in [2.24, 2.45) is 0 Å². The van der Waals surface area contributed by atoms with Gasteiger partial charge in [-0.1, -0.05) is 5.16 Å². The zero-order chi connectivity index (χ0) is 14.3. The first-order valence-electron chi connectivity index (χ1n) is 6.33. The van der Waals surface area contributed by atoms with Crippen LogP contribution in [0.15, 0.2) is 10.6 Å². The number of fused-ring (bicyclic) bond motifs is 1. The van der Waals surface area contributed by atoms with E-state index in [-0.39, 0.29) is 42.4 Å². The highest BCUT2D eigenvalue weighted by Crippen LogP contribution is 2.24. The van der Waals surface area contributed by atoms with E-state index in [0.29, 0.717) is 13.0 Å². The van der Waals surface area contributed by atoms with Gasteiger partial charge in [-0.3, -0.25) is 9.59 Å². The maximum Gasteiger partial charge on any atom is 0.358 e. The monoisotopic (exact) mass is 279 g/mol. The van der Waals surface area contributed by atoms with E-state index in [1.807, 2.05) is 0 Å². The highest BCUT2D eigenvalue weighted by Gasteiger charge is 2.42. The molecule has 20 heavy (non-hydrogen) atoms. The van der Waals surface area contributed by atoms with Gasteiger partial charge < -0.3 is 19.4 Å². The SMILES string of the molecule is O=C(O)c1cc(CN2CC(=O)N3CCCC3C2=O)on1. The predicted octanol–water partition coefficient (Wildman–Crippen LogP) is -0.294. The number of hydrogen-bond acceptors (Lipinski definition) is 5. The summed E-state index contributed by atoms with van der Waals surface area (Å²) in [7, 11) is 0. The first-order valence-corrected chi connectivity index (χ1v) is 6.33. The van der Waals surface area contributed by atoms with Crippen molar-refractivity contribution in [3.8, 4) is 0 Å². The molecule has 0 radical (unpaired) electrons. The molecule has 3 rings (SSSR count). The van der Waals surface area contributed by atoms with Gasteiger partial charge in [0.1, 0.15) is 12.6 Å². The fourth-order valence-corrected chi connectivity index (χ4v) is 2.67. The van der Waals surface area contributed by atoms with Crippen LogP contribution in [-0.2, 0) is 16.1 Å². The number of carbonyl (C=O) groups excluding carboxylic acids is 2. The van der Waals surface area contributed by atoms with E-state index < -0.39 is 5.97 Å². The third-order valence-corrected chi connectivity index (χ3v) is 3.62. The Morgan fingerprint density at radius 3 is 3.00 bits per heavy atom. The smallest absolute Gasteiger partial charge is 0.358 e. The van der Waals surface area contributed by atoms with Gasteiger partial charge in [-0.15, -0.1) is 0 Å². The van der Waals surface area contributed by atoms with Crippen molar-refractivity contribution >= 4 is 17.8 Å². The highest BCUT2D eigenvalue weighted by molar-refractivity contribution is 5.95. The topological polar surface area (TPSA) is 104 Å². The number of aromatic nitrogens is 1. The third-order valence-electron chi connectivity index (χ3n) is 3.62. The number of nitrogens with zero attached hydrogens (tertiary/aromatic N) is 3. The standard InChI is InChI=1S/C12H13N3O5/c16-10-6-14(11(17)9-2-1-3-15(9)10)5-7-4-8(12(18)19)13-20-7/h4,9H,1-3,5-6H2,(H,18,19). The zero-order valence-electron chi connectivity index (χ0n) is 10.6. The summed E-state index contributed by atoms with van der Waals surface area (Å²) in [6.07, 6.45) is 1.51. The van der Waals surface area contributed by atoms with E-state index in [1.54, 1.807) is 4.90 Å². The second-order valence-corrected chi connectivity index (χ2v) is 4.92. The lowest BCUT2D eigenvalue weighted by atomic mass is 10.1. The molecule has 0 aromatic carbocycles. The Morgan fingerprint density at radius 1 is 1.50 bits per heavy atom. The molecule has 106 valence electrons. The minimum atomic E-state index is -1.19.